The van der Waals surface area contributed by atoms with Crippen molar-refractivity contribution >= 4 is 28.6 Å². The molecule has 4 aromatic rings. The summed E-state index contributed by atoms with van der Waals surface area (Å²) in [6, 6.07) is 22.1. The van der Waals surface area contributed by atoms with Crippen LogP contribution >= 0.6 is 0 Å². The standard InChI is InChI=1S/C29H27NO5/c1-20-4-9-23(10-5-20)30-28(31)15-8-22-6-11-24(12-7-22)33-16-3-17-34-25-13-14-26-21(2)18-29(32)35-27(26)19-25/h4-15,18-19H,3,16-17H2,1-2H3,(H,30,31)/b15-8+. The van der Waals surface area contributed by atoms with Gasteiger partial charge in [-0.2, -0.15) is 0 Å². The molecule has 35 heavy (non-hydrogen) atoms. The van der Waals surface area contributed by atoms with Crippen molar-refractivity contribution in [1.29, 1.82) is 0 Å². The van der Waals surface area contributed by atoms with E-state index in [9.17, 15) is 9.59 Å². The second-order valence-electron chi connectivity index (χ2n) is 8.21. The van der Waals surface area contributed by atoms with Crippen LogP contribution in [0.3, 0.4) is 0 Å². The normalized spacial score (nSPS) is 11.0. The molecule has 1 N–H and O–H groups in total. The molecule has 1 heterocycles. The Labute approximate surface area is 203 Å². The molecule has 1 amide bonds. The highest BCUT2D eigenvalue weighted by Crippen LogP contribution is 2.22. The van der Waals surface area contributed by atoms with Crippen LogP contribution in [0.25, 0.3) is 17.0 Å². The Balaban J connectivity index is 1.20. The maximum atomic E-state index is 12.1. The maximum Gasteiger partial charge on any atom is 0.336 e. The summed E-state index contributed by atoms with van der Waals surface area (Å²) in [5.41, 5.74) is 3.84. The van der Waals surface area contributed by atoms with Gasteiger partial charge in [0.25, 0.3) is 0 Å². The Morgan fingerprint density at radius 3 is 2.31 bits per heavy atom. The van der Waals surface area contributed by atoms with Gasteiger partial charge in [0.2, 0.25) is 5.91 Å². The molecule has 0 aliphatic rings. The number of aryl methyl sites for hydroxylation is 2. The number of anilines is 1. The van der Waals surface area contributed by atoms with Gasteiger partial charge in [0.05, 0.1) is 13.2 Å². The number of hydrogen-bond acceptors (Lipinski definition) is 5. The summed E-state index contributed by atoms with van der Waals surface area (Å²) in [5.74, 6) is 1.21. The molecule has 0 spiro atoms. The van der Waals surface area contributed by atoms with E-state index in [1.165, 1.54) is 12.1 Å². The molecule has 6 heteroatoms. The Morgan fingerprint density at radius 2 is 1.57 bits per heavy atom. The molecule has 0 radical (unpaired) electrons. The number of nitrogens with one attached hydrogen (secondary N) is 1. The summed E-state index contributed by atoms with van der Waals surface area (Å²) in [6.07, 6.45) is 3.96. The van der Waals surface area contributed by atoms with E-state index in [0.717, 1.165) is 33.5 Å². The van der Waals surface area contributed by atoms with Crippen LogP contribution in [0.1, 0.15) is 23.1 Å². The van der Waals surface area contributed by atoms with Crippen LogP contribution in [0.2, 0.25) is 0 Å². The first-order chi connectivity index (χ1) is 17.0. The minimum Gasteiger partial charge on any atom is -0.493 e. The molecular weight excluding hydrogens is 442 g/mol. The van der Waals surface area contributed by atoms with Crippen LogP contribution in [-0.2, 0) is 4.79 Å². The molecule has 0 saturated carbocycles. The molecule has 0 saturated heterocycles. The number of benzene rings is 3. The molecule has 6 nitrogen and oxygen atoms in total. The van der Waals surface area contributed by atoms with E-state index in [-0.39, 0.29) is 11.5 Å². The smallest absolute Gasteiger partial charge is 0.336 e. The van der Waals surface area contributed by atoms with E-state index >= 15 is 0 Å². The third kappa shape index (κ3) is 6.84. The van der Waals surface area contributed by atoms with E-state index in [4.69, 9.17) is 13.9 Å². The quantitative estimate of drug-likeness (QED) is 0.187. The summed E-state index contributed by atoms with van der Waals surface area (Å²) in [4.78, 5) is 23.7. The number of carbonyl (C=O) groups is 1. The van der Waals surface area contributed by atoms with Crippen LogP contribution in [0.5, 0.6) is 11.5 Å². The fourth-order valence-electron chi connectivity index (χ4n) is 3.50. The summed E-state index contributed by atoms with van der Waals surface area (Å²) in [6.45, 7) is 4.85. The monoisotopic (exact) mass is 469 g/mol. The Bertz CT molecular complexity index is 1390. The number of amides is 1. The third-order valence-corrected chi connectivity index (χ3v) is 5.38. The van der Waals surface area contributed by atoms with E-state index in [1.807, 2.05) is 74.5 Å². The zero-order valence-corrected chi connectivity index (χ0v) is 19.7. The summed E-state index contributed by atoms with van der Waals surface area (Å²) in [7, 11) is 0. The molecule has 3 aromatic carbocycles. The molecule has 1 aromatic heterocycles. The maximum absolute atomic E-state index is 12.1. The van der Waals surface area contributed by atoms with E-state index < -0.39 is 0 Å². The first-order valence-electron chi connectivity index (χ1n) is 11.4. The zero-order valence-electron chi connectivity index (χ0n) is 19.7. The van der Waals surface area contributed by atoms with Crippen molar-refractivity contribution in [2.75, 3.05) is 18.5 Å². The molecule has 0 atom stereocenters. The highest BCUT2D eigenvalue weighted by Gasteiger charge is 2.04. The first kappa shape index (κ1) is 23.8. The van der Waals surface area contributed by atoms with Crippen LogP contribution in [0.4, 0.5) is 5.69 Å². The van der Waals surface area contributed by atoms with Crippen molar-refractivity contribution in [1.82, 2.24) is 0 Å². The third-order valence-electron chi connectivity index (χ3n) is 5.38. The molecule has 0 unspecified atom stereocenters. The Hall–Kier alpha value is -4.32. The molecular formula is C29H27NO5. The largest absolute Gasteiger partial charge is 0.493 e. The predicted octanol–water partition coefficient (Wildman–Crippen LogP) is 5.91. The molecule has 0 bridgehead atoms. The van der Waals surface area contributed by atoms with Gasteiger partial charge in [-0.15, -0.1) is 0 Å². The van der Waals surface area contributed by atoms with Crippen LogP contribution in [0, 0.1) is 13.8 Å². The van der Waals surface area contributed by atoms with Gasteiger partial charge in [-0.05, 0) is 67.4 Å². The van der Waals surface area contributed by atoms with Crippen molar-refractivity contribution in [2.24, 2.45) is 0 Å². The van der Waals surface area contributed by atoms with Crippen molar-refractivity contribution in [2.45, 2.75) is 20.3 Å². The average Bonchev–Trinajstić information content (AvgIpc) is 2.84. The summed E-state index contributed by atoms with van der Waals surface area (Å²) < 4.78 is 16.8. The average molecular weight is 470 g/mol. The minimum atomic E-state index is -0.368. The lowest BCUT2D eigenvalue weighted by Gasteiger charge is -2.09. The predicted molar refractivity (Wildman–Crippen MR) is 138 cm³/mol. The van der Waals surface area contributed by atoms with E-state index in [0.29, 0.717) is 31.0 Å². The Kier molecular flexibility index (Phi) is 7.63. The number of fused-ring (bicyclic) bond motifs is 1. The van der Waals surface area contributed by atoms with Crippen molar-refractivity contribution < 1.29 is 18.7 Å². The van der Waals surface area contributed by atoms with E-state index in [1.54, 1.807) is 12.1 Å². The van der Waals surface area contributed by atoms with Gasteiger partial charge in [-0.25, -0.2) is 4.79 Å². The first-order valence-corrected chi connectivity index (χ1v) is 11.4. The van der Waals surface area contributed by atoms with Gasteiger partial charge in [0, 0.05) is 35.7 Å². The lowest BCUT2D eigenvalue weighted by atomic mass is 10.1. The second-order valence-corrected chi connectivity index (χ2v) is 8.21. The van der Waals surface area contributed by atoms with E-state index in [2.05, 4.69) is 5.32 Å². The van der Waals surface area contributed by atoms with Gasteiger partial charge in [-0.3, -0.25) is 4.79 Å². The highest BCUT2D eigenvalue weighted by atomic mass is 16.5. The van der Waals surface area contributed by atoms with Crippen molar-refractivity contribution in [3.63, 3.8) is 0 Å². The molecule has 0 fully saturated rings. The summed E-state index contributed by atoms with van der Waals surface area (Å²) >= 11 is 0. The van der Waals surface area contributed by atoms with Gasteiger partial charge in [-0.1, -0.05) is 29.8 Å². The zero-order chi connectivity index (χ0) is 24.6. The SMILES string of the molecule is Cc1ccc(NC(=O)/C=C/c2ccc(OCCCOc3ccc4c(C)cc(=O)oc4c3)cc2)cc1. The van der Waals surface area contributed by atoms with Crippen LogP contribution < -0.4 is 20.4 Å². The number of rotatable bonds is 9. The van der Waals surface area contributed by atoms with Crippen molar-refractivity contribution in [3.8, 4) is 11.5 Å². The minimum absolute atomic E-state index is 0.183. The fraction of sp³-hybridized carbons (Fsp3) is 0.172. The lowest BCUT2D eigenvalue weighted by molar-refractivity contribution is -0.111. The molecule has 4 rings (SSSR count). The van der Waals surface area contributed by atoms with Crippen molar-refractivity contribution in [3.05, 3.63) is 106 Å². The Morgan fingerprint density at radius 1 is 0.886 bits per heavy atom. The second kappa shape index (κ2) is 11.2. The van der Waals surface area contributed by atoms with Gasteiger partial charge >= 0.3 is 5.63 Å². The topological polar surface area (TPSA) is 77.8 Å². The lowest BCUT2D eigenvalue weighted by Crippen LogP contribution is -2.07. The van der Waals surface area contributed by atoms with Crippen LogP contribution in [-0.4, -0.2) is 19.1 Å². The molecule has 178 valence electrons. The van der Waals surface area contributed by atoms with Crippen LogP contribution in [0.15, 0.2) is 88.1 Å². The number of carbonyl (C=O) groups excluding carboxylic acids is 1. The van der Waals surface area contributed by atoms with Gasteiger partial charge in [0.1, 0.15) is 17.1 Å². The van der Waals surface area contributed by atoms with Gasteiger partial charge < -0.3 is 19.2 Å². The molecule has 0 aliphatic heterocycles. The fourth-order valence-corrected chi connectivity index (χ4v) is 3.50. The number of hydrogen-bond donors (Lipinski definition) is 1. The summed E-state index contributed by atoms with van der Waals surface area (Å²) in [5, 5.41) is 3.73. The van der Waals surface area contributed by atoms with Gasteiger partial charge in [0.15, 0.2) is 0 Å². The number of ether oxygens (including phenoxy) is 2. The highest BCUT2D eigenvalue weighted by molar-refractivity contribution is 6.01. The molecule has 0 aliphatic carbocycles.